The van der Waals surface area contributed by atoms with Gasteiger partial charge in [-0.2, -0.15) is 4.98 Å². The van der Waals surface area contributed by atoms with E-state index in [1.165, 1.54) is 6.33 Å². The van der Waals surface area contributed by atoms with Gasteiger partial charge < -0.3 is 24.7 Å². The molecule has 2 aromatic heterocycles. The Hall–Kier alpha value is -2.01. The van der Waals surface area contributed by atoms with Crippen LogP contribution in [0.1, 0.15) is 6.23 Å². The van der Waals surface area contributed by atoms with Crippen LogP contribution in [0.25, 0.3) is 11.2 Å². The third-order valence-electron chi connectivity index (χ3n) is 3.89. The number of methoxy groups -OCH3 is 3. The number of fused-ring (bicyclic) bond motifs is 1. The standard InChI is InChI=1S/C13H19N5O5/c1-20-4-6-8(21-2)9(22-3)12(23-6)18-5-15-7-10(18)16-13(14)17-11(7)19/h5-6,8-9,12H,4H2,1-3H3,(H3,14,16,17,19). The van der Waals surface area contributed by atoms with Gasteiger partial charge in [0.15, 0.2) is 17.4 Å². The van der Waals surface area contributed by atoms with E-state index < -0.39 is 17.9 Å². The third-order valence-corrected chi connectivity index (χ3v) is 3.89. The van der Waals surface area contributed by atoms with E-state index >= 15 is 0 Å². The maximum atomic E-state index is 11.9. The smallest absolute Gasteiger partial charge is 0.280 e. The van der Waals surface area contributed by atoms with Crippen LogP contribution in [0.2, 0.25) is 0 Å². The molecule has 0 bridgehead atoms. The molecule has 1 saturated heterocycles. The molecule has 0 aromatic carbocycles. The number of hydrogen-bond donors (Lipinski definition) is 2. The molecule has 0 radical (unpaired) electrons. The summed E-state index contributed by atoms with van der Waals surface area (Å²) < 4.78 is 23.8. The van der Waals surface area contributed by atoms with Gasteiger partial charge in [0.1, 0.15) is 18.3 Å². The van der Waals surface area contributed by atoms with E-state index in [-0.39, 0.29) is 23.7 Å². The number of rotatable bonds is 5. The molecule has 4 atom stereocenters. The van der Waals surface area contributed by atoms with Crippen molar-refractivity contribution in [2.75, 3.05) is 33.7 Å². The minimum absolute atomic E-state index is 0.00736. The summed E-state index contributed by atoms with van der Waals surface area (Å²) in [5.74, 6) is 0.00736. The number of aromatic nitrogens is 4. The molecule has 3 rings (SSSR count). The Morgan fingerprint density at radius 2 is 2.09 bits per heavy atom. The lowest BCUT2D eigenvalue weighted by atomic mass is 10.1. The fraction of sp³-hybridized carbons (Fsp3) is 0.615. The fourth-order valence-electron chi connectivity index (χ4n) is 2.90. The van der Waals surface area contributed by atoms with Crippen molar-refractivity contribution in [3.05, 3.63) is 16.7 Å². The molecule has 1 aliphatic rings. The van der Waals surface area contributed by atoms with Crippen molar-refractivity contribution in [3.8, 4) is 0 Å². The Kier molecular flexibility index (Phi) is 4.31. The Bertz CT molecular complexity index is 744. The van der Waals surface area contributed by atoms with Crippen molar-refractivity contribution >= 4 is 17.1 Å². The van der Waals surface area contributed by atoms with Crippen molar-refractivity contribution in [2.24, 2.45) is 0 Å². The predicted molar refractivity (Wildman–Crippen MR) is 79.9 cm³/mol. The second-order valence-corrected chi connectivity index (χ2v) is 5.20. The van der Waals surface area contributed by atoms with Crippen LogP contribution in [-0.2, 0) is 18.9 Å². The van der Waals surface area contributed by atoms with Gasteiger partial charge in [0.25, 0.3) is 5.56 Å². The van der Waals surface area contributed by atoms with E-state index in [2.05, 4.69) is 15.0 Å². The topological polar surface area (TPSA) is 127 Å². The van der Waals surface area contributed by atoms with Crippen LogP contribution in [0, 0.1) is 0 Å². The van der Waals surface area contributed by atoms with Crippen molar-refractivity contribution < 1.29 is 18.9 Å². The molecule has 10 heteroatoms. The molecule has 0 saturated carbocycles. The zero-order chi connectivity index (χ0) is 16.6. The van der Waals surface area contributed by atoms with E-state index in [0.717, 1.165) is 0 Å². The molecule has 2 aromatic rings. The van der Waals surface area contributed by atoms with Gasteiger partial charge in [0.2, 0.25) is 5.95 Å². The van der Waals surface area contributed by atoms with Gasteiger partial charge in [-0.3, -0.25) is 14.3 Å². The summed E-state index contributed by atoms with van der Waals surface area (Å²) in [7, 11) is 4.73. The van der Waals surface area contributed by atoms with Gasteiger partial charge in [-0.15, -0.1) is 0 Å². The molecule has 1 fully saturated rings. The van der Waals surface area contributed by atoms with Crippen LogP contribution < -0.4 is 11.3 Å². The van der Waals surface area contributed by atoms with Crippen molar-refractivity contribution in [2.45, 2.75) is 24.5 Å². The molecule has 3 heterocycles. The Morgan fingerprint density at radius 1 is 1.35 bits per heavy atom. The van der Waals surface area contributed by atoms with Gasteiger partial charge >= 0.3 is 0 Å². The van der Waals surface area contributed by atoms with Crippen LogP contribution in [0.4, 0.5) is 5.95 Å². The highest BCUT2D eigenvalue weighted by molar-refractivity contribution is 5.70. The first-order chi connectivity index (χ1) is 11.1. The highest BCUT2D eigenvalue weighted by Crippen LogP contribution is 2.34. The third kappa shape index (κ3) is 2.59. The summed E-state index contributed by atoms with van der Waals surface area (Å²) in [4.78, 5) is 22.5. The summed E-state index contributed by atoms with van der Waals surface area (Å²) >= 11 is 0. The number of nitrogens with zero attached hydrogens (tertiary/aromatic N) is 3. The highest BCUT2D eigenvalue weighted by atomic mass is 16.6. The number of nitrogens with two attached hydrogens (primary N) is 1. The lowest BCUT2D eigenvalue weighted by Gasteiger charge is -2.21. The maximum absolute atomic E-state index is 11.9. The number of nitrogen functional groups attached to an aromatic ring is 1. The second kappa shape index (κ2) is 6.24. The van der Waals surface area contributed by atoms with Crippen LogP contribution in [0.15, 0.2) is 11.1 Å². The van der Waals surface area contributed by atoms with Gasteiger partial charge in [-0.1, -0.05) is 0 Å². The normalized spacial score (nSPS) is 27.8. The van der Waals surface area contributed by atoms with Gasteiger partial charge in [-0.25, -0.2) is 4.98 Å². The lowest BCUT2D eigenvalue weighted by molar-refractivity contribution is -0.0636. The van der Waals surface area contributed by atoms with E-state index in [0.29, 0.717) is 12.3 Å². The Balaban J connectivity index is 2.05. The summed E-state index contributed by atoms with van der Waals surface area (Å²) in [6, 6.07) is 0. The summed E-state index contributed by atoms with van der Waals surface area (Å²) in [6.45, 7) is 0.345. The molecule has 0 amide bonds. The average molecular weight is 325 g/mol. The molecule has 126 valence electrons. The molecule has 3 N–H and O–H groups in total. The zero-order valence-corrected chi connectivity index (χ0v) is 13.1. The molecule has 23 heavy (non-hydrogen) atoms. The fourth-order valence-corrected chi connectivity index (χ4v) is 2.90. The predicted octanol–water partition coefficient (Wildman–Crippen LogP) is -0.724. The van der Waals surface area contributed by atoms with E-state index in [4.69, 9.17) is 24.7 Å². The minimum Gasteiger partial charge on any atom is -0.382 e. The monoisotopic (exact) mass is 325 g/mol. The quantitative estimate of drug-likeness (QED) is 0.737. The van der Waals surface area contributed by atoms with Crippen LogP contribution in [0.3, 0.4) is 0 Å². The van der Waals surface area contributed by atoms with Crippen LogP contribution in [0.5, 0.6) is 0 Å². The molecule has 1 aliphatic heterocycles. The maximum Gasteiger partial charge on any atom is 0.280 e. The first kappa shape index (κ1) is 15.9. The van der Waals surface area contributed by atoms with Crippen molar-refractivity contribution in [3.63, 3.8) is 0 Å². The van der Waals surface area contributed by atoms with E-state index in [1.807, 2.05) is 0 Å². The molecular weight excluding hydrogens is 306 g/mol. The first-order valence-electron chi connectivity index (χ1n) is 7.03. The number of aromatic amines is 1. The van der Waals surface area contributed by atoms with Crippen molar-refractivity contribution in [1.82, 2.24) is 19.5 Å². The zero-order valence-electron chi connectivity index (χ0n) is 13.1. The SMILES string of the molecule is COCC1OC(n2cnc3c(=O)[nH]c(N)nc32)C(OC)C1OC. The number of anilines is 1. The second-order valence-electron chi connectivity index (χ2n) is 5.20. The minimum atomic E-state index is -0.566. The van der Waals surface area contributed by atoms with Gasteiger partial charge in [-0.05, 0) is 0 Å². The van der Waals surface area contributed by atoms with Gasteiger partial charge in [0.05, 0.1) is 12.9 Å². The van der Waals surface area contributed by atoms with Gasteiger partial charge in [0, 0.05) is 21.3 Å². The van der Waals surface area contributed by atoms with Crippen molar-refractivity contribution in [1.29, 1.82) is 0 Å². The van der Waals surface area contributed by atoms with Crippen LogP contribution >= 0.6 is 0 Å². The molecular formula is C13H19N5O5. The number of imidazole rings is 1. The first-order valence-corrected chi connectivity index (χ1v) is 7.03. The number of hydrogen-bond acceptors (Lipinski definition) is 8. The molecule has 0 aliphatic carbocycles. The molecule has 4 unspecified atom stereocenters. The number of ether oxygens (including phenoxy) is 4. The van der Waals surface area contributed by atoms with E-state index in [9.17, 15) is 4.79 Å². The highest BCUT2D eigenvalue weighted by Gasteiger charge is 2.46. The number of nitrogens with one attached hydrogen (secondary N) is 1. The summed E-state index contributed by atoms with van der Waals surface area (Å²) in [5, 5.41) is 0. The summed E-state index contributed by atoms with van der Waals surface area (Å²) in [6.07, 6.45) is -0.160. The Labute approximate surface area is 131 Å². The summed E-state index contributed by atoms with van der Waals surface area (Å²) in [5.41, 5.74) is 5.72. The number of H-pyrrole nitrogens is 1. The average Bonchev–Trinajstić information content (AvgIpc) is 3.08. The molecule has 0 spiro atoms. The van der Waals surface area contributed by atoms with E-state index in [1.54, 1.807) is 25.9 Å². The lowest BCUT2D eigenvalue weighted by Crippen LogP contribution is -2.36. The van der Waals surface area contributed by atoms with Crippen LogP contribution in [-0.4, -0.2) is 65.8 Å². The Morgan fingerprint density at radius 3 is 2.74 bits per heavy atom. The largest absolute Gasteiger partial charge is 0.382 e. The molecule has 10 nitrogen and oxygen atoms in total.